The molecular weight excluding hydrogens is 366 g/mol. The Morgan fingerprint density at radius 1 is 1.00 bits per heavy atom. The maximum Gasteiger partial charge on any atom is 0.414 e. The minimum absolute atomic E-state index is 0.247. The smallest absolute Gasteiger partial charge is 0.414 e. The molecule has 0 aromatic heterocycles. The molecule has 0 radical (unpaired) electrons. The van der Waals surface area contributed by atoms with Crippen LogP contribution in [0.5, 0.6) is 0 Å². The molecule has 3 rings (SSSR count). The Bertz CT molecular complexity index is 670. The highest BCUT2D eigenvalue weighted by Gasteiger charge is 2.26. The normalized spacial score (nSPS) is 18.7. The van der Waals surface area contributed by atoms with Gasteiger partial charge in [0.25, 0.3) is 5.69 Å². The number of hydrogen-bond acceptors (Lipinski definition) is 6. The van der Waals surface area contributed by atoms with Crippen molar-refractivity contribution in [3.63, 3.8) is 0 Å². The predicted octanol–water partition coefficient (Wildman–Crippen LogP) is 2.20. The number of para-hydroxylation sites is 1. The van der Waals surface area contributed by atoms with Gasteiger partial charge in [0.15, 0.2) is 0 Å². The number of carbonyl (C=O) groups is 2. The lowest BCUT2D eigenvalue weighted by Crippen LogP contribution is -2.50. The van der Waals surface area contributed by atoms with E-state index < -0.39 is 11.9 Å². The summed E-state index contributed by atoms with van der Waals surface area (Å²) in [7, 11) is 0. The summed E-state index contributed by atoms with van der Waals surface area (Å²) in [5.74, 6) is -3.65. The quantitative estimate of drug-likeness (QED) is 0.453. The van der Waals surface area contributed by atoms with E-state index in [9.17, 15) is 10.1 Å². The molecular formula is C19H27N3O6. The van der Waals surface area contributed by atoms with Gasteiger partial charge in [-0.1, -0.05) is 37.5 Å². The molecule has 1 aliphatic heterocycles. The van der Waals surface area contributed by atoms with Crippen LogP contribution in [0.4, 0.5) is 5.69 Å². The van der Waals surface area contributed by atoms with E-state index in [0.717, 1.165) is 37.8 Å². The first-order valence-corrected chi connectivity index (χ1v) is 9.53. The lowest BCUT2D eigenvalue weighted by Gasteiger charge is -2.40. The summed E-state index contributed by atoms with van der Waals surface area (Å²) in [6.45, 7) is 4.93. The number of carboxylic acid groups (broad SMARTS) is 2. The molecule has 0 unspecified atom stereocenters. The van der Waals surface area contributed by atoms with Crippen LogP contribution < -0.4 is 0 Å². The van der Waals surface area contributed by atoms with Gasteiger partial charge >= 0.3 is 11.9 Å². The fourth-order valence-corrected chi connectivity index (χ4v) is 3.80. The van der Waals surface area contributed by atoms with Gasteiger partial charge in [0, 0.05) is 50.4 Å². The monoisotopic (exact) mass is 393 g/mol. The maximum absolute atomic E-state index is 11.1. The second kappa shape index (κ2) is 10.7. The van der Waals surface area contributed by atoms with Crippen molar-refractivity contribution in [2.45, 2.75) is 44.7 Å². The summed E-state index contributed by atoms with van der Waals surface area (Å²) in [5, 5.41) is 25.9. The third-order valence-electron chi connectivity index (χ3n) is 5.26. The van der Waals surface area contributed by atoms with Crippen molar-refractivity contribution < 1.29 is 24.7 Å². The Morgan fingerprint density at radius 3 is 2.11 bits per heavy atom. The van der Waals surface area contributed by atoms with Gasteiger partial charge in [0.05, 0.1) is 4.92 Å². The molecule has 1 saturated heterocycles. The summed E-state index contributed by atoms with van der Waals surface area (Å²) in [4.78, 5) is 34.0. The van der Waals surface area contributed by atoms with Crippen LogP contribution in [0.3, 0.4) is 0 Å². The van der Waals surface area contributed by atoms with Gasteiger partial charge in [-0.3, -0.25) is 19.9 Å². The molecule has 1 aliphatic carbocycles. The number of nitro groups is 1. The van der Waals surface area contributed by atoms with Crippen LogP contribution >= 0.6 is 0 Å². The van der Waals surface area contributed by atoms with E-state index in [-0.39, 0.29) is 10.6 Å². The zero-order valence-corrected chi connectivity index (χ0v) is 15.8. The van der Waals surface area contributed by atoms with Crippen molar-refractivity contribution >= 4 is 17.6 Å². The molecule has 2 aliphatic rings. The van der Waals surface area contributed by atoms with E-state index in [1.54, 1.807) is 12.1 Å². The first-order chi connectivity index (χ1) is 13.4. The van der Waals surface area contributed by atoms with Crippen LogP contribution in [-0.4, -0.2) is 69.1 Å². The zero-order chi connectivity index (χ0) is 20.5. The molecule has 9 heteroatoms. The molecule has 2 fully saturated rings. The second-order valence-corrected chi connectivity index (χ2v) is 7.10. The molecule has 1 aromatic rings. The minimum atomic E-state index is -1.82. The SMILES string of the molecule is O=C(O)C(=O)O.O=[N+]([O-])c1ccccc1CN1CCN(C2CCCCC2)CC1. The van der Waals surface area contributed by atoms with Crippen LogP contribution in [0.25, 0.3) is 0 Å². The molecule has 2 N–H and O–H groups in total. The highest BCUT2D eigenvalue weighted by molar-refractivity contribution is 6.27. The van der Waals surface area contributed by atoms with Gasteiger partial charge in [-0.15, -0.1) is 0 Å². The van der Waals surface area contributed by atoms with E-state index in [4.69, 9.17) is 19.8 Å². The Kier molecular flexibility index (Phi) is 8.34. The Balaban J connectivity index is 0.000000409. The van der Waals surface area contributed by atoms with E-state index in [0.29, 0.717) is 6.54 Å². The average molecular weight is 393 g/mol. The maximum atomic E-state index is 11.1. The fourth-order valence-electron chi connectivity index (χ4n) is 3.80. The highest BCUT2D eigenvalue weighted by atomic mass is 16.6. The Morgan fingerprint density at radius 2 is 1.57 bits per heavy atom. The number of nitrogens with zero attached hydrogens (tertiary/aromatic N) is 3. The van der Waals surface area contributed by atoms with Crippen molar-refractivity contribution in [3.05, 3.63) is 39.9 Å². The van der Waals surface area contributed by atoms with Crippen molar-refractivity contribution in [2.24, 2.45) is 0 Å². The standard InChI is InChI=1S/C17H25N3O2.C2H2O4/c21-20(22)17-9-5-4-6-15(17)14-18-10-12-19(13-11-18)16-7-2-1-3-8-16;3-1(4)2(5)6/h4-6,9,16H,1-3,7-8,10-14H2;(H,3,4)(H,5,6). The van der Waals surface area contributed by atoms with E-state index in [1.807, 2.05) is 12.1 Å². The number of carboxylic acids is 2. The van der Waals surface area contributed by atoms with Crippen LogP contribution in [0.15, 0.2) is 24.3 Å². The molecule has 1 heterocycles. The van der Waals surface area contributed by atoms with Gasteiger partial charge < -0.3 is 10.2 Å². The first-order valence-electron chi connectivity index (χ1n) is 9.53. The first kappa shape index (κ1) is 21.8. The molecule has 0 atom stereocenters. The number of aliphatic carboxylic acids is 2. The molecule has 0 bridgehead atoms. The molecule has 28 heavy (non-hydrogen) atoms. The van der Waals surface area contributed by atoms with Gasteiger partial charge in [0.2, 0.25) is 0 Å². The van der Waals surface area contributed by atoms with E-state index in [2.05, 4.69) is 9.80 Å². The second-order valence-electron chi connectivity index (χ2n) is 7.10. The van der Waals surface area contributed by atoms with Gasteiger partial charge in [-0.2, -0.15) is 0 Å². The molecule has 1 saturated carbocycles. The average Bonchev–Trinajstić information content (AvgIpc) is 2.70. The lowest BCUT2D eigenvalue weighted by atomic mass is 9.94. The van der Waals surface area contributed by atoms with Crippen LogP contribution in [0.1, 0.15) is 37.7 Å². The van der Waals surface area contributed by atoms with Crippen molar-refractivity contribution in [2.75, 3.05) is 26.2 Å². The number of benzene rings is 1. The number of nitro benzene ring substituents is 1. The molecule has 0 amide bonds. The van der Waals surface area contributed by atoms with E-state index in [1.165, 1.54) is 32.1 Å². The Hall–Kier alpha value is -2.52. The van der Waals surface area contributed by atoms with Crippen LogP contribution in [0.2, 0.25) is 0 Å². The summed E-state index contributed by atoms with van der Waals surface area (Å²) in [6.07, 6.45) is 6.85. The van der Waals surface area contributed by atoms with Crippen LogP contribution in [0, 0.1) is 10.1 Å². The predicted molar refractivity (Wildman–Crippen MR) is 102 cm³/mol. The summed E-state index contributed by atoms with van der Waals surface area (Å²) >= 11 is 0. The zero-order valence-electron chi connectivity index (χ0n) is 15.8. The Labute approximate surface area is 163 Å². The van der Waals surface area contributed by atoms with Gasteiger partial charge in [-0.05, 0) is 12.8 Å². The number of hydrogen-bond donors (Lipinski definition) is 2. The molecule has 154 valence electrons. The van der Waals surface area contributed by atoms with Crippen molar-refractivity contribution in [1.82, 2.24) is 9.80 Å². The summed E-state index contributed by atoms with van der Waals surface area (Å²) < 4.78 is 0. The summed E-state index contributed by atoms with van der Waals surface area (Å²) in [6, 6.07) is 7.89. The topological polar surface area (TPSA) is 124 Å². The summed E-state index contributed by atoms with van der Waals surface area (Å²) in [5.41, 5.74) is 1.08. The molecule has 0 spiro atoms. The van der Waals surface area contributed by atoms with E-state index >= 15 is 0 Å². The van der Waals surface area contributed by atoms with Crippen LogP contribution in [-0.2, 0) is 16.1 Å². The van der Waals surface area contributed by atoms with Gasteiger partial charge in [0.1, 0.15) is 0 Å². The molecule has 9 nitrogen and oxygen atoms in total. The minimum Gasteiger partial charge on any atom is -0.473 e. The largest absolute Gasteiger partial charge is 0.473 e. The van der Waals surface area contributed by atoms with Crippen molar-refractivity contribution in [1.29, 1.82) is 0 Å². The fraction of sp³-hybridized carbons (Fsp3) is 0.579. The molecule has 1 aromatic carbocycles. The highest BCUT2D eigenvalue weighted by Crippen LogP contribution is 2.25. The van der Waals surface area contributed by atoms with Crippen molar-refractivity contribution in [3.8, 4) is 0 Å². The van der Waals surface area contributed by atoms with Gasteiger partial charge in [-0.25, -0.2) is 9.59 Å². The number of rotatable bonds is 4. The third-order valence-corrected chi connectivity index (χ3v) is 5.26. The lowest BCUT2D eigenvalue weighted by molar-refractivity contribution is -0.385. The third kappa shape index (κ3) is 6.58. The number of piperazine rings is 1.